The Hall–Kier alpha value is -3.99. The number of nitrogens with zero attached hydrogens (tertiary/aromatic N) is 2. The van der Waals surface area contributed by atoms with E-state index >= 15 is 0 Å². The van der Waals surface area contributed by atoms with E-state index in [-0.39, 0.29) is 10.8 Å². The van der Waals surface area contributed by atoms with Gasteiger partial charge in [-0.05, 0) is 124 Å². The molecule has 56 heavy (non-hydrogen) atoms. The molecule has 0 aliphatic carbocycles. The third kappa shape index (κ3) is 9.40. The highest BCUT2D eigenvalue weighted by Gasteiger charge is 2.37. The minimum absolute atomic E-state index is 0.0276. The van der Waals surface area contributed by atoms with Gasteiger partial charge < -0.3 is 18.6 Å². The first-order valence-electron chi connectivity index (χ1n) is 20.3. The van der Waals surface area contributed by atoms with Crippen LogP contribution in [0, 0.1) is 0 Å². The number of thiophene rings is 1. The average molecular weight is 791 g/mol. The summed E-state index contributed by atoms with van der Waals surface area (Å²) < 4.78 is 26.5. The number of benzene rings is 4. The summed E-state index contributed by atoms with van der Waals surface area (Å²) in [6, 6.07) is 28.6. The van der Waals surface area contributed by atoms with Crippen LogP contribution in [0.2, 0.25) is 18.1 Å². The smallest absolute Gasteiger partial charge is 0.195 e. The first kappa shape index (κ1) is 40.2. The number of carbonyl (C=O) groups is 1. The molecule has 296 valence electrons. The Morgan fingerprint density at radius 3 is 2.21 bits per heavy atom. The zero-order valence-electron chi connectivity index (χ0n) is 34.1. The molecule has 2 aliphatic rings. The first-order valence-corrected chi connectivity index (χ1v) is 24.0. The van der Waals surface area contributed by atoms with Gasteiger partial charge in [-0.15, -0.1) is 11.3 Å². The zero-order valence-corrected chi connectivity index (χ0v) is 35.9. The van der Waals surface area contributed by atoms with Crippen LogP contribution in [-0.4, -0.2) is 70.3 Å². The van der Waals surface area contributed by atoms with Gasteiger partial charge in [0, 0.05) is 50.3 Å². The summed E-state index contributed by atoms with van der Waals surface area (Å²) in [6.45, 7) is 19.1. The zero-order chi connectivity index (χ0) is 39.3. The second-order valence-electron chi connectivity index (χ2n) is 16.8. The Bertz CT molecular complexity index is 2110. The molecule has 0 N–H and O–H groups in total. The standard InChI is InChI=1S/C47H58N2O5SSi/c1-47(2,3)56(5,6)54-33-38-28-36(18-21-41(38)52-27-26-48-22-10-11-23-48)46-44(40-20-19-39(30-43(40)55-46)53-32-34-14-8-7-9-15-34)45(50)35-16-17-37(42(29-35)51-4)31-49-24-12-13-25-49/h7-9,14-21,28-30H,10-13,22-27,31-33H2,1-6H3. The van der Waals surface area contributed by atoms with Gasteiger partial charge in [-0.25, -0.2) is 0 Å². The number of ketones is 1. The van der Waals surface area contributed by atoms with Crippen molar-refractivity contribution in [2.45, 2.75) is 84.3 Å². The van der Waals surface area contributed by atoms with Gasteiger partial charge in [-0.3, -0.25) is 14.6 Å². The Balaban J connectivity index is 1.26. The molecular weight excluding hydrogens is 733 g/mol. The molecule has 2 aliphatic heterocycles. The van der Waals surface area contributed by atoms with Crippen LogP contribution in [-0.2, 0) is 24.2 Å². The number of rotatable bonds is 16. The van der Waals surface area contributed by atoms with Gasteiger partial charge in [0.2, 0.25) is 0 Å². The number of fused-ring (bicyclic) bond motifs is 1. The molecule has 9 heteroatoms. The molecule has 0 bridgehead atoms. The van der Waals surface area contributed by atoms with Gasteiger partial charge in [-0.1, -0.05) is 63.2 Å². The highest BCUT2D eigenvalue weighted by Crippen LogP contribution is 2.44. The molecular formula is C47H58N2O5SSi. The maximum Gasteiger partial charge on any atom is 0.195 e. The molecule has 0 amide bonds. The van der Waals surface area contributed by atoms with E-state index in [1.54, 1.807) is 18.4 Å². The van der Waals surface area contributed by atoms with Crippen molar-refractivity contribution >= 4 is 35.5 Å². The molecule has 4 aromatic carbocycles. The molecule has 1 aromatic heterocycles. The predicted octanol–water partition coefficient (Wildman–Crippen LogP) is 11.0. The van der Waals surface area contributed by atoms with Crippen LogP contribution in [0.3, 0.4) is 0 Å². The topological polar surface area (TPSA) is 60.5 Å². The van der Waals surface area contributed by atoms with Crippen molar-refractivity contribution in [2.75, 3.05) is 46.4 Å². The Morgan fingerprint density at radius 1 is 0.768 bits per heavy atom. The summed E-state index contributed by atoms with van der Waals surface area (Å²) in [5, 5.41) is 0.977. The molecule has 7 rings (SSSR count). The van der Waals surface area contributed by atoms with Crippen LogP contribution in [0.1, 0.15) is 79.1 Å². The molecule has 0 radical (unpaired) electrons. The fourth-order valence-electron chi connectivity index (χ4n) is 7.42. The molecule has 7 nitrogen and oxygen atoms in total. The highest BCUT2D eigenvalue weighted by atomic mass is 32.1. The number of hydrogen-bond donors (Lipinski definition) is 0. The lowest BCUT2D eigenvalue weighted by Gasteiger charge is -2.36. The van der Waals surface area contributed by atoms with E-state index in [9.17, 15) is 4.79 Å². The van der Waals surface area contributed by atoms with Gasteiger partial charge in [0.25, 0.3) is 0 Å². The van der Waals surface area contributed by atoms with E-state index in [1.165, 1.54) is 25.7 Å². The van der Waals surface area contributed by atoms with E-state index in [0.717, 1.165) is 93.7 Å². The third-order valence-corrected chi connectivity index (χ3v) is 17.5. The fourth-order valence-corrected chi connectivity index (χ4v) is 9.59. The lowest BCUT2D eigenvalue weighted by molar-refractivity contribution is 0.104. The third-order valence-electron chi connectivity index (χ3n) is 11.9. The van der Waals surface area contributed by atoms with E-state index in [4.69, 9.17) is 18.6 Å². The highest BCUT2D eigenvalue weighted by molar-refractivity contribution is 7.22. The minimum atomic E-state index is -2.07. The average Bonchev–Trinajstić information content (AvgIpc) is 3.99. The predicted molar refractivity (Wildman–Crippen MR) is 232 cm³/mol. The van der Waals surface area contributed by atoms with Crippen molar-refractivity contribution in [3.05, 3.63) is 113 Å². The van der Waals surface area contributed by atoms with Crippen molar-refractivity contribution < 1.29 is 23.4 Å². The van der Waals surface area contributed by atoms with Crippen molar-refractivity contribution in [1.29, 1.82) is 0 Å². The van der Waals surface area contributed by atoms with Gasteiger partial charge in [0.1, 0.15) is 30.5 Å². The normalized spacial score (nSPS) is 15.5. The molecule has 0 unspecified atom stereocenters. The Kier molecular flexibility index (Phi) is 12.7. The maximum atomic E-state index is 14.9. The molecule has 5 aromatic rings. The summed E-state index contributed by atoms with van der Waals surface area (Å²) >= 11 is 1.63. The summed E-state index contributed by atoms with van der Waals surface area (Å²) in [5.74, 6) is 2.34. The largest absolute Gasteiger partial charge is 0.496 e. The van der Waals surface area contributed by atoms with Crippen molar-refractivity contribution in [3.63, 3.8) is 0 Å². The van der Waals surface area contributed by atoms with Crippen LogP contribution < -0.4 is 14.2 Å². The van der Waals surface area contributed by atoms with E-state index in [2.05, 4.69) is 86.1 Å². The molecule has 0 atom stereocenters. The first-order chi connectivity index (χ1) is 27.0. The van der Waals surface area contributed by atoms with Crippen LogP contribution in [0.25, 0.3) is 20.5 Å². The van der Waals surface area contributed by atoms with Crippen molar-refractivity contribution in [2.24, 2.45) is 0 Å². The second-order valence-corrected chi connectivity index (χ2v) is 22.7. The van der Waals surface area contributed by atoms with E-state index in [0.29, 0.717) is 30.9 Å². The van der Waals surface area contributed by atoms with Crippen LogP contribution in [0.4, 0.5) is 0 Å². The maximum absolute atomic E-state index is 14.9. The summed E-state index contributed by atoms with van der Waals surface area (Å²) in [4.78, 5) is 20.7. The van der Waals surface area contributed by atoms with Crippen LogP contribution >= 0.6 is 11.3 Å². The van der Waals surface area contributed by atoms with Crippen molar-refractivity contribution in [3.8, 4) is 27.7 Å². The molecule has 3 heterocycles. The molecule has 0 saturated carbocycles. The van der Waals surface area contributed by atoms with Crippen LogP contribution in [0.15, 0.2) is 84.9 Å². The summed E-state index contributed by atoms with van der Waals surface area (Å²) in [5.41, 5.74) is 5.48. The Morgan fingerprint density at radius 2 is 1.50 bits per heavy atom. The number of ether oxygens (including phenoxy) is 3. The number of likely N-dealkylation sites (tertiary alicyclic amines) is 2. The minimum Gasteiger partial charge on any atom is -0.496 e. The lowest BCUT2D eigenvalue weighted by Crippen LogP contribution is -2.40. The molecule has 0 spiro atoms. The lowest BCUT2D eigenvalue weighted by atomic mass is 9.96. The van der Waals surface area contributed by atoms with Gasteiger partial charge >= 0.3 is 0 Å². The van der Waals surface area contributed by atoms with E-state index < -0.39 is 8.32 Å². The quantitative estimate of drug-likeness (QED) is 0.0729. The summed E-state index contributed by atoms with van der Waals surface area (Å²) in [6.07, 6.45) is 4.96. The van der Waals surface area contributed by atoms with Crippen molar-refractivity contribution in [1.82, 2.24) is 9.80 Å². The summed E-state index contributed by atoms with van der Waals surface area (Å²) in [7, 11) is -0.372. The monoisotopic (exact) mass is 790 g/mol. The second kappa shape index (κ2) is 17.7. The SMILES string of the molecule is COc1cc(C(=O)c2c(-c3ccc(OCCN4CCCC4)c(CO[Si](C)(C)C(C)(C)C)c3)sc3cc(OCc4ccccc4)ccc23)ccc1CN1CCCC1. The van der Waals surface area contributed by atoms with Crippen LogP contribution in [0.5, 0.6) is 17.2 Å². The fraction of sp³-hybridized carbons (Fsp3) is 0.426. The molecule has 2 fully saturated rings. The number of hydrogen-bond acceptors (Lipinski definition) is 8. The van der Waals surface area contributed by atoms with Gasteiger partial charge in [0.05, 0.1) is 13.7 Å². The number of carbonyl (C=O) groups excluding carboxylic acids is 1. The Labute approximate surface area is 338 Å². The van der Waals surface area contributed by atoms with Gasteiger partial charge in [0.15, 0.2) is 14.1 Å². The number of methoxy groups -OCH3 is 1. The van der Waals surface area contributed by atoms with Gasteiger partial charge in [-0.2, -0.15) is 0 Å². The molecule has 2 saturated heterocycles. The van der Waals surface area contributed by atoms with E-state index in [1.807, 2.05) is 42.5 Å².